The van der Waals surface area contributed by atoms with Crippen molar-refractivity contribution in [2.45, 2.75) is 52.5 Å². The van der Waals surface area contributed by atoms with E-state index in [1.165, 1.54) is 13.0 Å². The van der Waals surface area contributed by atoms with Gasteiger partial charge in [0, 0.05) is 23.6 Å². The molecule has 0 unspecified atom stereocenters. The molecule has 0 bridgehead atoms. The topological polar surface area (TPSA) is 186 Å². The number of allylic oxidation sites excluding steroid dienone is 2. The number of primary amides is 1. The Kier molecular flexibility index (Phi) is 13.0. The van der Waals surface area contributed by atoms with E-state index in [2.05, 4.69) is 20.7 Å². The van der Waals surface area contributed by atoms with Crippen LogP contribution in [0.3, 0.4) is 0 Å². The van der Waals surface area contributed by atoms with Crippen molar-refractivity contribution in [3.8, 4) is 5.75 Å². The van der Waals surface area contributed by atoms with Gasteiger partial charge in [0.1, 0.15) is 17.6 Å². The minimum Gasteiger partial charge on any atom is -0.493 e. The number of hydrogen-bond donors (Lipinski definition) is 3. The maximum absolute atomic E-state index is 12.7. The van der Waals surface area contributed by atoms with Gasteiger partial charge < -0.3 is 25.8 Å². The second kappa shape index (κ2) is 15.7. The molecule has 0 heterocycles. The van der Waals surface area contributed by atoms with Gasteiger partial charge in [-0.15, -0.1) is 0 Å². The van der Waals surface area contributed by atoms with Crippen LogP contribution in [0.15, 0.2) is 35.1 Å². The average Bonchev–Trinajstić information content (AvgIpc) is 2.82. The van der Waals surface area contributed by atoms with Crippen molar-refractivity contribution in [3.05, 3.63) is 51.6 Å². The summed E-state index contributed by atoms with van der Waals surface area (Å²) in [5.74, 6) is -0.606. The predicted octanol–water partition coefficient (Wildman–Crippen LogP) is 3.37. The zero-order chi connectivity index (χ0) is 26.2. The number of alkyl carbamates (subject to hydrolysis) is 1. The van der Waals surface area contributed by atoms with Crippen molar-refractivity contribution in [1.29, 1.82) is 0 Å². The highest BCUT2D eigenvalue weighted by atomic mass is 16.6. The number of ether oxygens (including phenoxy) is 2. The number of nitrogens with zero attached hydrogens (tertiary/aromatic N) is 3. The van der Waals surface area contributed by atoms with Crippen molar-refractivity contribution in [3.63, 3.8) is 0 Å². The Morgan fingerprint density at radius 2 is 1.94 bits per heavy atom. The Bertz CT molecular complexity index is 987. The van der Waals surface area contributed by atoms with E-state index in [9.17, 15) is 19.2 Å². The molecule has 0 saturated heterocycles. The molecule has 3 amide bonds. The van der Waals surface area contributed by atoms with Gasteiger partial charge >= 0.3 is 6.09 Å². The zero-order valence-corrected chi connectivity index (χ0v) is 20.2. The van der Waals surface area contributed by atoms with Crippen LogP contribution in [-0.4, -0.2) is 49.4 Å². The fourth-order valence-electron chi connectivity index (χ4n) is 2.85. The molecule has 190 valence electrons. The molecule has 0 spiro atoms. The molecule has 0 saturated carbocycles. The summed E-state index contributed by atoms with van der Waals surface area (Å²) >= 11 is 0. The number of amides is 3. The molecule has 4 N–H and O–H groups in total. The Morgan fingerprint density at radius 1 is 1.20 bits per heavy atom. The van der Waals surface area contributed by atoms with E-state index in [0.29, 0.717) is 36.3 Å². The van der Waals surface area contributed by atoms with Crippen molar-refractivity contribution >= 4 is 23.7 Å². The van der Waals surface area contributed by atoms with E-state index in [1.54, 1.807) is 32.1 Å². The molecular formula is C23H32N6O6. The van der Waals surface area contributed by atoms with Gasteiger partial charge in [-0.25, -0.2) is 4.79 Å². The Morgan fingerprint density at radius 3 is 2.57 bits per heavy atom. The van der Waals surface area contributed by atoms with E-state index in [1.807, 2.05) is 0 Å². The lowest BCUT2D eigenvalue weighted by molar-refractivity contribution is -0.120. The smallest absolute Gasteiger partial charge is 0.412 e. The minimum atomic E-state index is -0.902. The number of azide groups is 1. The summed E-state index contributed by atoms with van der Waals surface area (Å²) in [7, 11) is 0. The number of ketones is 1. The molecule has 1 aromatic carbocycles. The standard InChI is InChI=1S/C23H32N6O6/c1-4-15(2)35-23(33)28-19(21(24)31)8-5-6-11-26-22(32)18-14-17(16(3)30)9-10-20(18)34-13-7-12-27-29-25/h4,9-10,14,19H,5-8,11-13H2,1-3H3,(H2,24,31)(H,26,32)(H,28,33)/b15-4-/t19-/m0/s1. The number of Topliss-reactive ketones (excluding diaryl/α,β-unsaturated/α-hetero) is 1. The number of nitrogens with one attached hydrogen (secondary N) is 2. The molecule has 1 rings (SSSR count). The predicted molar refractivity (Wildman–Crippen MR) is 129 cm³/mol. The first kappa shape index (κ1) is 29.0. The molecule has 0 aliphatic carbocycles. The van der Waals surface area contributed by atoms with Crippen LogP contribution in [0.5, 0.6) is 5.75 Å². The first-order valence-corrected chi connectivity index (χ1v) is 11.2. The van der Waals surface area contributed by atoms with Crippen LogP contribution in [0.4, 0.5) is 4.79 Å². The monoisotopic (exact) mass is 488 g/mol. The molecule has 0 aromatic heterocycles. The van der Waals surface area contributed by atoms with Crippen LogP contribution >= 0.6 is 0 Å². The second-order valence-electron chi connectivity index (χ2n) is 7.56. The van der Waals surface area contributed by atoms with Gasteiger partial charge in [0.2, 0.25) is 5.91 Å². The third-order valence-corrected chi connectivity index (χ3v) is 4.85. The highest BCUT2D eigenvalue weighted by Crippen LogP contribution is 2.21. The van der Waals surface area contributed by atoms with Gasteiger partial charge in [-0.2, -0.15) is 0 Å². The van der Waals surface area contributed by atoms with Crippen LogP contribution in [0, 0.1) is 0 Å². The first-order valence-electron chi connectivity index (χ1n) is 11.2. The molecule has 12 heteroatoms. The Hall–Kier alpha value is -4.05. The highest BCUT2D eigenvalue weighted by Gasteiger charge is 2.19. The first-order chi connectivity index (χ1) is 16.7. The number of rotatable bonds is 15. The van der Waals surface area contributed by atoms with Gasteiger partial charge in [0.05, 0.1) is 12.2 Å². The number of hydrogen-bond acceptors (Lipinski definition) is 7. The Balaban J connectivity index is 2.63. The number of carbonyl (C=O) groups excluding carboxylic acids is 4. The normalized spacial score (nSPS) is 11.6. The van der Waals surface area contributed by atoms with Crippen molar-refractivity contribution < 1.29 is 28.7 Å². The maximum atomic E-state index is 12.7. The number of benzene rings is 1. The van der Waals surface area contributed by atoms with E-state index >= 15 is 0 Å². The summed E-state index contributed by atoms with van der Waals surface area (Å²) in [5, 5.41) is 8.61. The van der Waals surface area contributed by atoms with Gasteiger partial charge in [-0.1, -0.05) is 5.11 Å². The second-order valence-corrected chi connectivity index (χ2v) is 7.56. The summed E-state index contributed by atoms with van der Waals surface area (Å²) in [6.45, 7) is 5.49. The number of carbonyl (C=O) groups is 4. The van der Waals surface area contributed by atoms with E-state index in [4.69, 9.17) is 20.7 Å². The van der Waals surface area contributed by atoms with Crippen LogP contribution in [0.2, 0.25) is 0 Å². The lowest BCUT2D eigenvalue weighted by atomic mass is 10.1. The Labute approximate surface area is 203 Å². The van der Waals surface area contributed by atoms with E-state index in [0.717, 1.165) is 0 Å². The SMILES string of the molecule is C/C=C(/C)OC(=O)N[C@@H](CCCCNC(=O)c1cc(C(C)=O)ccc1OCCCN=[N+]=[N-])C(N)=O. The lowest BCUT2D eigenvalue weighted by Gasteiger charge is -2.16. The fourth-order valence-corrected chi connectivity index (χ4v) is 2.85. The molecular weight excluding hydrogens is 456 g/mol. The molecule has 0 radical (unpaired) electrons. The highest BCUT2D eigenvalue weighted by molar-refractivity contribution is 6.01. The lowest BCUT2D eigenvalue weighted by Crippen LogP contribution is -2.44. The maximum Gasteiger partial charge on any atom is 0.412 e. The molecule has 12 nitrogen and oxygen atoms in total. The summed E-state index contributed by atoms with van der Waals surface area (Å²) in [5.41, 5.74) is 14.2. The van der Waals surface area contributed by atoms with Crippen LogP contribution in [0.1, 0.15) is 67.2 Å². The summed E-state index contributed by atoms with van der Waals surface area (Å²) in [6, 6.07) is 3.69. The van der Waals surface area contributed by atoms with Crippen LogP contribution < -0.4 is 21.1 Å². The van der Waals surface area contributed by atoms with E-state index < -0.39 is 23.9 Å². The molecule has 0 aliphatic rings. The average molecular weight is 489 g/mol. The molecule has 0 fully saturated rings. The fraction of sp³-hybridized carbons (Fsp3) is 0.478. The molecule has 35 heavy (non-hydrogen) atoms. The molecule has 1 aromatic rings. The van der Waals surface area contributed by atoms with Crippen molar-refractivity contribution in [2.75, 3.05) is 19.7 Å². The molecule has 1 atom stereocenters. The van der Waals surface area contributed by atoms with Crippen molar-refractivity contribution in [2.24, 2.45) is 10.8 Å². The van der Waals surface area contributed by atoms with Crippen LogP contribution in [-0.2, 0) is 9.53 Å². The van der Waals surface area contributed by atoms with E-state index in [-0.39, 0.29) is 37.5 Å². The number of nitrogens with two attached hydrogens (primary N) is 1. The largest absolute Gasteiger partial charge is 0.493 e. The zero-order valence-electron chi connectivity index (χ0n) is 20.2. The third-order valence-electron chi connectivity index (χ3n) is 4.85. The van der Waals surface area contributed by atoms with Gasteiger partial charge in [0.25, 0.3) is 5.91 Å². The summed E-state index contributed by atoms with van der Waals surface area (Å²) in [4.78, 5) is 50.6. The summed E-state index contributed by atoms with van der Waals surface area (Å²) < 4.78 is 10.6. The summed E-state index contributed by atoms with van der Waals surface area (Å²) in [6.07, 6.45) is 2.58. The van der Waals surface area contributed by atoms with Gasteiger partial charge in [-0.05, 0) is 76.3 Å². The van der Waals surface area contributed by atoms with Crippen LogP contribution in [0.25, 0.3) is 10.4 Å². The van der Waals surface area contributed by atoms with Gasteiger partial charge in [-0.3, -0.25) is 14.4 Å². The van der Waals surface area contributed by atoms with Gasteiger partial charge in [0.15, 0.2) is 5.78 Å². The quantitative estimate of drug-likeness (QED) is 0.0847. The molecule has 0 aliphatic heterocycles. The number of unbranched alkanes of at least 4 members (excludes halogenated alkanes) is 1. The third kappa shape index (κ3) is 11.1. The van der Waals surface area contributed by atoms with Crippen molar-refractivity contribution in [1.82, 2.24) is 10.6 Å². The minimum absolute atomic E-state index is 0.193.